The van der Waals surface area contributed by atoms with Gasteiger partial charge in [0.1, 0.15) is 6.54 Å². The lowest BCUT2D eigenvalue weighted by Gasteiger charge is -2.20. The van der Waals surface area contributed by atoms with Gasteiger partial charge in [-0.05, 0) is 6.92 Å². The molecule has 16 heavy (non-hydrogen) atoms. The summed E-state index contributed by atoms with van der Waals surface area (Å²) in [6, 6.07) is -1.94. The van der Waals surface area contributed by atoms with Crippen LogP contribution in [-0.2, 0) is 4.79 Å². The number of rotatable bonds is 4. The van der Waals surface area contributed by atoms with Gasteiger partial charge < -0.3 is 15.3 Å². The molecule has 0 spiro atoms. The van der Waals surface area contributed by atoms with Crippen LogP contribution in [0.5, 0.6) is 0 Å². The summed E-state index contributed by atoms with van der Waals surface area (Å²) >= 11 is 0. The molecule has 0 rings (SSSR count). The van der Waals surface area contributed by atoms with E-state index in [-0.39, 0.29) is 0 Å². The Bertz CT molecular complexity index is 268. The van der Waals surface area contributed by atoms with Crippen LogP contribution in [0.25, 0.3) is 0 Å². The second-order valence-corrected chi connectivity index (χ2v) is 3.42. The summed E-state index contributed by atoms with van der Waals surface area (Å²) in [6.07, 6.45) is -5.52. The molecule has 0 aromatic carbocycles. The molecule has 8 heteroatoms. The van der Waals surface area contributed by atoms with Gasteiger partial charge in [0.15, 0.2) is 0 Å². The number of hydrogen-bond donors (Lipinski definition) is 2. The first-order valence-corrected chi connectivity index (χ1v) is 4.42. The number of halogens is 3. The lowest BCUT2D eigenvalue weighted by Crippen LogP contribution is -2.45. The molecule has 0 aromatic rings. The Kier molecular flexibility index (Phi) is 5.06. The van der Waals surface area contributed by atoms with Gasteiger partial charge in [0.05, 0.1) is 6.42 Å². The normalized spacial score (nSPS) is 13.1. The maximum absolute atomic E-state index is 11.9. The van der Waals surface area contributed by atoms with Crippen molar-refractivity contribution in [1.82, 2.24) is 10.2 Å². The number of carboxylic acid groups (broad SMARTS) is 1. The number of carbonyl (C=O) groups excluding carboxylic acids is 1. The number of hydrogen-bond acceptors (Lipinski definition) is 2. The molecule has 0 fully saturated rings. The zero-order valence-electron chi connectivity index (χ0n) is 8.84. The van der Waals surface area contributed by atoms with Gasteiger partial charge >= 0.3 is 18.2 Å². The topological polar surface area (TPSA) is 69.6 Å². The predicted molar refractivity (Wildman–Crippen MR) is 48.9 cm³/mol. The molecule has 0 aliphatic carbocycles. The summed E-state index contributed by atoms with van der Waals surface area (Å²) in [5.74, 6) is -1.24. The maximum atomic E-state index is 11.9. The van der Waals surface area contributed by atoms with E-state index in [1.54, 1.807) is 0 Å². The van der Waals surface area contributed by atoms with E-state index < -0.39 is 37.2 Å². The van der Waals surface area contributed by atoms with E-state index in [0.717, 1.165) is 4.90 Å². The van der Waals surface area contributed by atoms with Crippen LogP contribution in [-0.4, -0.2) is 47.8 Å². The van der Waals surface area contributed by atoms with Crippen LogP contribution in [0.1, 0.15) is 13.3 Å². The van der Waals surface area contributed by atoms with Gasteiger partial charge in [0.2, 0.25) is 0 Å². The number of aliphatic carboxylic acids is 1. The Balaban J connectivity index is 4.09. The number of likely N-dealkylation sites (N-methyl/N-ethyl adjacent to an activating group) is 1. The maximum Gasteiger partial charge on any atom is 0.391 e. The zero-order chi connectivity index (χ0) is 12.9. The summed E-state index contributed by atoms with van der Waals surface area (Å²) in [5, 5.41) is 10.4. The Morgan fingerprint density at radius 3 is 2.31 bits per heavy atom. The summed E-state index contributed by atoms with van der Waals surface area (Å²) in [7, 11) is 1.18. The molecule has 0 radical (unpaired) electrons. The highest BCUT2D eigenvalue weighted by Crippen LogP contribution is 2.21. The van der Waals surface area contributed by atoms with E-state index in [2.05, 4.69) is 0 Å². The third-order valence-corrected chi connectivity index (χ3v) is 1.63. The van der Waals surface area contributed by atoms with Crippen molar-refractivity contribution >= 4 is 12.0 Å². The molecule has 0 saturated carbocycles. The van der Waals surface area contributed by atoms with E-state index in [0.29, 0.717) is 0 Å². The van der Waals surface area contributed by atoms with Crippen molar-refractivity contribution in [3.63, 3.8) is 0 Å². The van der Waals surface area contributed by atoms with E-state index in [9.17, 15) is 22.8 Å². The summed E-state index contributed by atoms with van der Waals surface area (Å²) < 4.78 is 35.7. The third kappa shape index (κ3) is 6.91. The third-order valence-electron chi connectivity index (χ3n) is 1.63. The number of alkyl halides is 3. The SMILES string of the molecule is CC(CC(F)(F)F)NC(=O)N(C)CC(=O)O. The summed E-state index contributed by atoms with van der Waals surface area (Å²) in [6.45, 7) is 0.630. The van der Waals surface area contributed by atoms with Crippen LogP contribution in [0.15, 0.2) is 0 Å². The molecular formula is C8H13F3N2O3. The van der Waals surface area contributed by atoms with Crippen LogP contribution in [0.4, 0.5) is 18.0 Å². The fourth-order valence-electron chi connectivity index (χ4n) is 0.994. The largest absolute Gasteiger partial charge is 0.480 e. The van der Waals surface area contributed by atoms with Gasteiger partial charge in [-0.2, -0.15) is 13.2 Å². The average molecular weight is 242 g/mol. The molecular weight excluding hydrogens is 229 g/mol. The zero-order valence-corrected chi connectivity index (χ0v) is 8.84. The van der Waals surface area contributed by atoms with Gasteiger partial charge in [0, 0.05) is 13.1 Å². The lowest BCUT2D eigenvalue weighted by atomic mass is 10.2. The standard InChI is InChI=1S/C8H13F3N2O3/c1-5(3-8(9,10)11)12-7(16)13(2)4-6(14)15/h5H,3-4H2,1-2H3,(H,12,16)(H,14,15). The lowest BCUT2D eigenvalue weighted by molar-refractivity contribution is -0.139. The summed E-state index contributed by atoms with van der Waals surface area (Å²) in [5.41, 5.74) is 0. The van der Waals surface area contributed by atoms with Crippen LogP contribution in [0.2, 0.25) is 0 Å². The molecule has 0 saturated heterocycles. The van der Waals surface area contributed by atoms with E-state index in [1.165, 1.54) is 14.0 Å². The predicted octanol–water partition coefficient (Wildman–Crippen LogP) is 1.05. The van der Waals surface area contributed by atoms with Crippen molar-refractivity contribution in [3.05, 3.63) is 0 Å². The molecule has 0 aliphatic heterocycles. The molecule has 0 bridgehead atoms. The average Bonchev–Trinajstić information content (AvgIpc) is 1.98. The quantitative estimate of drug-likeness (QED) is 0.774. The van der Waals surface area contributed by atoms with Crippen molar-refractivity contribution < 1.29 is 27.9 Å². The van der Waals surface area contributed by atoms with Gasteiger partial charge in [-0.15, -0.1) is 0 Å². The number of urea groups is 1. The van der Waals surface area contributed by atoms with Gasteiger partial charge in [-0.25, -0.2) is 4.79 Å². The fraction of sp³-hybridized carbons (Fsp3) is 0.750. The first-order valence-electron chi connectivity index (χ1n) is 4.42. The molecule has 1 unspecified atom stereocenters. The first-order chi connectivity index (χ1) is 7.11. The van der Waals surface area contributed by atoms with Crippen LogP contribution in [0.3, 0.4) is 0 Å². The Labute approximate surface area is 90.2 Å². The van der Waals surface area contributed by atoms with Crippen molar-refractivity contribution in [1.29, 1.82) is 0 Å². The highest BCUT2D eigenvalue weighted by atomic mass is 19.4. The molecule has 1 atom stereocenters. The Morgan fingerprint density at radius 2 is 1.94 bits per heavy atom. The fourth-order valence-corrected chi connectivity index (χ4v) is 0.994. The van der Waals surface area contributed by atoms with Crippen LogP contribution in [0, 0.1) is 0 Å². The van der Waals surface area contributed by atoms with Crippen molar-refractivity contribution in [2.45, 2.75) is 25.6 Å². The number of nitrogens with zero attached hydrogens (tertiary/aromatic N) is 1. The van der Waals surface area contributed by atoms with Crippen molar-refractivity contribution in [2.75, 3.05) is 13.6 Å². The molecule has 0 aromatic heterocycles. The van der Waals surface area contributed by atoms with Gasteiger partial charge in [-0.3, -0.25) is 4.79 Å². The van der Waals surface area contributed by atoms with Crippen molar-refractivity contribution in [3.8, 4) is 0 Å². The molecule has 2 N–H and O–H groups in total. The number of amides is 2. The first kappa shape index (κ1) is 14.5. The van der Waals surface area contributed by atoms with Gasteiger partial charge in [0.25, 0.3) is 0 Å². The van der Waals surface area contributed by atoms with E-state index >= 15 is 0 Å². The molecule has 0 aliphatic rings. The second-order valence-electron chi connectivity index (χ2n) is 3.42. The highest BCUT2D eigenvalue weighted by molar-refractivity contribution is 5.79. The Morgan fingerprint density at radius 1 is 1.44 bits per heavy atom. The molecule has 5 nitrogen and oxygen atoms in total. The van der Waals surface area contributed by atoms with Gasteiger partial charge in [-0.1, -0.05) is 0 Å². The number of nitrogens with one attached hydrogen (secondary N) is 1. The second kappa shape index (κ2) is 5.57. The minimum Gasteiger partial charge on any atom is -0.480 e. The summed E-state index contributed by atoms with van der Waals surface area (Å²) in [4.78, 5) is 22.2. The number of carbonyl (C=O) groups is 2. The molecule has 0 heterocycles. The minimum atomic E-state index is -4.36. The monoisotopic (exact) mass is 242 g/mol. The minimum absolute atomic E-state index is 0.565. The van der Waals surface area contributed by atoms with Crippen LogP contribution >= 0.6 is 0 Å². The van der Waals surface area contributed by atoms with E-state index in [4.69, 9.17) is 5.11 Å². The van der Waals surface area contributed by atoms with Crippen LogP contribution < -0.4 is 5.32 Å². The smallest absolute Gasteiger partial charge is 0.391 e. The molecule has 94 valence electrons. The number of carboxylic acids is 1. The van der Waals surface area contributed by atoms with E-state index in [1.807, 2.05) is 5.32 Å². The Hall–Kier alpha value is -1.47. The molecule has 2 amide bonds. The highest BCUT2D eigenvalue weighted by Gasteiger charge is 2.31. The van der Waals surface area contributed by atoms with Crippen molar-refractivity contribution in [2.24, 2.45) is 0 Å².